The lowest BCUT2D eigenvalue weighted by molar-refractivity contribution is 0.616. The Morgan fingerprint density at radius 2 is 2.39 bits per heavy atom. The number of nitriles is 1. The fourth-order valence-corrected chi connectivity index (χ4v) is 2.24. The van der Waals surface area contributed by atoms with E-state index < -0.39 is 5.82 Å². The van der Waals surface area contributed by atoms with Crippen LogP contribution in [0.2, 0.25) is 0 Å². The third-order valence-electron chi connectivity index (χ3n) is 2.38. The van der Waals surface area contributed by atoms with Crippen molar-refractivity contribution >= 4 is 11.8 Å². The van der Waals surface area contributed by atoms with Gasteiger partial charge in [-0.3, -0.25) is 4.57 Å². The normalized spacial score (nSPS) is 10.3. The Kier molecular flexibility index (Phi) is 3.48. The van der Waals surface area contributed by atoms with Crippen molar-refractivity contribution in [3.63, 3.8) is 0 Å². The Morgan fingerprint density at radius 3 is 2.94 bits per heavy atom. The number of hydrogen-bond acceptors (Lipinski definition) is 4. The largest absolute Gasteiger partial charge is 0.343 e. The summed E-state index contributed by atoms with van der Waals surface area (Å²) in [5.41, 5.74) is 0.445. The minimum absolute atomic E-state index is 0.286. The highest BCUT2D eigenvalue weighted by Gasteiger charge is 2.08. The summed E-state index contributed by atoms with van der Waals surface area (Å²) in [6, 6.07) is 6.18. The first kappa shape index (κ1) is 12.4. The van der Waals surface area contributed by atoms with Gasteiger partial charge in [0, 0.05) is 12.8 Å². The lowest BCUT2D eigenvalue weighted by Gasteiger charge is -2.02. The zero-order valence-electron chi connectivity index (χ0n) is 9.48. The molecule has 1 N–H and O–H groups in total. The number of halogens is 1. The molecule has 0 spiro atoms. The summed E-state index contributed by atoms with van der Waals surface area (Å²) in [6.45, 7) is 0. The van der Waals surface area contributed by atoms with Crippen LogP contribution in [0.4, 0.5) is 4.39 Å². The van der Waals surface area contributed by atoms with Gasteiger partial charge < -0.3 is 0 Å². The van der Waals surface area contributed by atoms with Gasteiger partial charge >= 0.3 is 5.69 Å². The van der Waals surface area contributed by atoms with Crippen molar-refractivity contribution in [2.45, 2.75) is 10.9 Å². The van der Waals surface area contributed by atoms with E-state index in [0.29, 0.717) is 16.5 Å². The van der Waals surface area contributed by atoms with Gasteiger partial charge in [0.1, 0.15) is 5.82 Å². The smallest absolute Gasteiger partial charge is 0.273 e. The molecule has 0 atom stereocenters. The molecule has 1 heterocycles. The maximum atomic E-state index is 13.6. The van der Waals surface area contributed by atoms with Gasteiger partial charge in [-0.25, -0.2) is 14.3 Å². The van der Waals surface area contributed by atoms with Crippen LogP contribution in [0.25, 0.3) is 0 Å². The lowest BCUT2D eigenvalue weighted by atomic mass is 10.1. The number of rotatable bonds is 3. The predicted molar refractivity (Wildman–Crippen MR) is 64.5 cm³/mol. The van der Waals surface area contributed by atoms with Crippen LogP contribution in [0.1, 0.15) is 11.1 Å². The number of aromatic amines is 1. The molecule has 5 nitrogen and oxygen atoms in total. The second-order valence-electron chi connectivity index (χ2n) is 3.58. The zero-order valence-corrected chi connectivity index (χ0v) is 10.3. The van der Waals surface area contributed by atoms with E-state index in [1.54, 1.807) is 19.2 Å². The average Bonchev–Trinajstić information content (AvgIpc) is 2.68. The standard InChI is InChI=1S/C11H9FN4OS/c1-16-10(17)14-15-11(16)18-6-8-3-2-7(5-13)4-9(8)12/h2-4H,6H2,1H3,(H,14,17). The van der Waals surface area contributed by atoms with E-state index >= 15 is 0 Å². The van der Waals surface area contributed by atoms with Gasteiger partial charge in [0.15, 0.2) is 5.16 Å². The first-order valence-electron chi connectivity index (χ1n) is 5.04. The SMILES string of the molecule is Cn1c(SCc2ccc(C#N)cc2F)n[nH]c1=O. The van der Waals surface area contributed by atoms with Crippen molar-refractivity contribution in [1.29, 1.82) is 5.26 Å². The van der Waals surface area contributed by atoms with Gasteiger partial charge in [-0.2, -0.15) is 5.26 Å². The Hall–Kier alpha value is -2.07. The van der Waals surface area contributed by atoms with Gasteiger partial charge in [-0.15, -0.1) is 5.10 Å². The molecular weight excluding hydrogens is 255 g/mol. The van der Waals surface area contributed by atoms with Crippen LogP contribution < -0.4 is 5.69 Å². The summed E-state index contributed by atoms with van der Waals surface area (Å²) in [4.78, 5) is 11.1. The van der Waals surface area contributed by atoms with Crippen LogP contribution in [-0.2, 0) is 12.8 Å². The Balaban J connectivity index is 2.14. The maximum absolute atomic E-state index is 13.6. The van der Waals surface area contributed by atoms with E-state index in [2.05, 4.69) is 10.2 Å². The lowest BCUT2D eigenvalue weighted by Crippen LogP contribution is -2.12. The fourth-order valence-electron chi connectivity index (χ4n) is 1.34. The first-order valence-corrected chi connectivity index (χ1v) is 6.03. The summed E-state index contributed by atoms with van der Waals surface area (Å²) >= 11 is 1.25. The number of benzene rings is 1. The maximum Gasteiger partial charge on any atom is 0.343 e. The summed E-state index contributed by atoms with van der Waals surface area (Å²) in [5, 5.41) is 15.2. The molecule has 2 aromatic rings. The van der Waals surface area contributed by atoms with E-state index in [1.807, 2.05) is 6.07 Å². The minimum atomic E-state index is -0.429. The summed E-state index contributed by atoms with van der Waals surface area (Å²) in [6.07, 6.45) is 0. The molecule has 0 saturated heterocycles. The summed E-state index contributed by atoms with van der Waals surface area (Å²) < 4.78 is 14.9. The molecule has 0 unspecified atom stereocenters. The van der Waals surface area contributed by atoms with Crippen LogP contribution in [0.15, 0.2) is 28.2 Å². The van der Waals surface area contributed by atoms with E-state index in [0.717, 1.165) is 0 Å². The number of aromatic nitrogens is 3. The highest BCUT2D eigenvalue weighted by Crippen LogP contribution is 2.21. The minimum Gasteiger partial charge on any atom is -0.273 e. The number of hydrogen-bond donors (Lipinski definition) is 1. The molecule has 18 heavy (non-hydrogen) atoms. The highest BCUT2D eigenvalue weighted by molar-refractivity contribution is 7.98. The second kappa shape index (κ2) is 5.06. The van der Waals surface area contributed by atoms with Gasteiger partial charge in [0.05, 0.1) is 11.6 Å². The third-order valence-corrected chi connectivity index (χ3v) is 3.46. The van der Waals surface area contributed by atoms with E-state index in [1.165, 1.54) is 22.4 Å². The Bertz CT molecular complexity index is 670. The second-order valence-corrected chi connectivity index (χ2v) is 4.52. The van der Waals surface area contributed by atoms with Crippen molar-refractivity contribution < 1.29 is 4.39 Å². The van der Waals surface area contributed by atoms with E-state index in [4.69, 9.17) is 5.26 Å². The summed E-state index contributed by atoms with van der Waals surface area (Å²) in [7, 11) is 1.59. The molecule has 0 fully saturated rings. The molecule has 0 saturated carbocycles. The van der Waals surface area contributed by atoms with Crippen LogP contribution in [0, 0.1) is 17.1 Å². The number of nitrogens with zero attached hydrogens (tertiary/aromatic N) is 3. The predicted octanol–water partition coefficient (Wildman–Crippen LogP) is 1.41. The third kappa shape index (κ3) is 2.43. The van der Waals surface area contributed by atoms with Crippen LogP contribution in [-0.4, -0.2) is 14.8 Å². The molecule has 0 radical (unpaired) electrons. The van der Waals surface area contributed by atoms with Crippen LogP contribution in [0.3, 0.4) is 0 Å². The Labute approximate surface area is 106 Å². The molecule has 0 bridgehead atoms. The summed E-state index contributed by atoms with van der Waals surface area (Å²) in [5.74, 6) is -0.0857. The quantitative estimate of drug-likeness (QED) is 0.851. The van der Waals surface area contributed by atoms with E-state index in [9.17, 15) is 9.18 Å². The van der Waals surface area contributed by atoms with Gasteiger partial charge in [0.25, 0.3) is 0 Å². The molecule has 0 aliphatic rings. The molecule has 0 amide bonds. The van der Waals surface area contributed by atoms with Gasteiger partial charge in [-0.1, -0.05) is 17.8 Å². The first-order chi connectivity index (χ1) is 8.61. The van der Waals surface area contributed by atoms with Crippen molar-refractivity contribution in [3.05, 3.63) is 45.6 Å². The van der Waals surface area contributed by atoms with Crippen LogP contribution >= 0.6 is 11.8 Å². The fraction of sp³-hybridized carbons (Fsp3) is 0.182. The average molecular weight is 264 g/mol. The molecule has 2 rings (SSSR count). The molecule has 0 aliphatic carbocycles. The highest BCUT2D eigenvalue weighted by atomic mass is 32.2. The molecule has 92 valence electrons. The molecule has 0 aliphatic heterocycles. The van der Waals surface area contributed by atoms with Crippen molar-refractivity contribution in [1.82, 2.24) is 14.8 Å². The van der Waals surface area contributed by atoms with Gasteiger partial charge in [0.2, 0.25) is 0 Å². The van der Waals surface area contributed by atoms with Crippen molar-refractivity contribution in [2.24, 2.45) is 7.05 Å². The van der Waals surface area contributed by atoms with Gasteiger partial charge in [-0.05, 0) is 17.7 Å². The number of nitrogens with one attached hydrogen (secondary N) is 1. The zero-order chi connectivity index (χ0) is 13.1. The monoisotopic (exact) mass is 264 g/mol. The molecule has 7 heteroatoms. The number of thioether (sulfide) groups is 1. The molecular formula is C11H9FN4OS. The topological polar surface area (TPSA) is 74.5 Å². The molecule has 1 aromatic heterocycles. The van der Waals surface area contributed by atoms with E-state index in [-0.39, 0.29) is 11.3 Å². The van der Waals surface area contributed by atoms with Crippen molar-refractivity contribution in [2.75, 3.05) is 0 Å². The number of H-pyrrole nitrogens is 1. The van der Waals surface area contributed by atoms with Crippen LogP contribution in [0.5, 0.6) is 0 Å². The Morgan fingerprint density at radius 1 is 1.61 bits per heavy atom. The van der Waals surface area contributed by atoms with Crippen molar-refractivity contribution in [3.8, 4) is 6.07 Å². The molecule has 1 aromatic carbocycles.